The number of hydrogen-bond donors (Lipinski definition) is 1. The average molecular weight is 351 g/mol. The fourth-order valence-corrected chi connectivity index (χ4v) is 2.35. The molecule has 20 heavy (non-hydrogen) atoms. The summed E-state index contributed by atoms with van der Waals surface area (Å²) in [7, 11) is 0. The van der Waals surface area contributed by atoms with Crippen LogP contribution in [0, 0.1) is 5.82 Å². The number of fused-ring (bicyclic) bond motifs is 1. The van der Waals surface area contributed by atoms with Crippen LogP contribution in [0.4, 0.5) is 23.2 Å². The van der Waals surface area contributed by atoms with Gasteiger partial charge in [0.1, 0.15) is 17.0 Å². The number of aromatic nitrogens is 1. The smallest absolute Gasteiger partial charge is 0.384 e. The first-order chi connectivity index (χ1) is 9.34. The van der Waals surface area contributed by atoms with Gasteiger partial charge in [0.15, 0.2) is 0 Å². The lowest BCUT2D eigenvalue weighted by molar-refractivity contribution is -0.140. The molecule has 0 fully saturated rings. The molecule has 2 rings (SSSR count). The summed E-state index contributed by atoms with van der Waals surface area (Å²) >= 11 is 3.22. The third-order valence-corrected chi connectivity index (χ3v) is 3.38. The summed E-state index contributed by atoms with van der Waals surface area (Å²) in [4.78, 5) is 3.41. The third-order valence-electron chi connectivity index (χ3n) is 2.72. The van der Waals surface area contributed by atoms with Crippen molar-refractivity contribution in [1.82, 2.24) is 4.98 Å². The van der Waals surface area contributed by atoms with Crippen LogP contribution in [-0.4, -0.2) is 11.5 Å². The SMILES string of the molecule is CCCNc1cc(C(F)(F)F)nc2c(F)ccc(Br)c12. The highest BCUT2D eigenvalue weighted by atomic mass is 79.9. The largest absolute Gasteiger partial charge is 0.433 e. The van der Waals surface area contributed by atoms with Crippen molar-refractivity contribution in [3.8, 4) is 0 Å². The molecule has 1 aromatic carbocycles. The maximum atomic E-state index is 13.8. The quantitative estimate of drug-likeness (QED) is 0.790. The second-order valence-electron chi connectivity index (χ2n) is 4.23. The molecule has 2 aromatic rings. The van der Waals surface area contributed by atoms with E-state index in [1.165, 1.54) is 6.07 Å². The maximum absolute atomic E-state index is 13.8. The minimum atomic E-state index is -4.62. The minimum Gasteiger partial charge on any atom is -0.384 e. The molecule has 1 N–H and O–H groups in total. The van der Waals surface area contributed by atoms with Crippen LogP contribution < -0.4 is 5.32 Å². The summed E-state index contributed by atoms with van der Waals surface area (Å²) in [6.45, 7) is 2.37. The molecule has 1 heterocycles. The van der Waals surface area contributed by atoms with Crippen molar-refractivity contribution in [1.29, 1.82) is 0 Å². The molecule has 0 atom stereocenters. The Labute approximate surface area is 121 Å². The molecule has 0 saturated carbocycles. The first-order valence-electron chi connectivity index (χ1n) is 5.94. The number of pyridine rings is 1. The number of benzene rings is 1. The lowest BCUT2D eigenvalue weighted by Gasteiger charge is -2.14. The van der Waals surface area contributed by atoms with Gasteiger partial charge in [-0.15, -0.1) is 0 Å². The predicted octanol–water partition coefficient (Wildman–Crippen LogP) is 4.98. The summed E-state index contributed by atoms with van der Waals surface area (Å²) in [6, 6.07) is 3.44. The van der Waals surface area contributed by atoms with Gasteiger partial charge in [0.05, 0.1) is 0 Å². The Hall–Kier alpha value is -1.37. The van der Waals surface area contributed by atoms with Crippen molar-refractivity contribution in [3.63, 3.8) is 0 Å². The summed E-state index contributed by atoms with van der Waals surface area (Å²) < 4.78 is 52.7. The summed E-state index contributed by atoms with van der Waals surface area (Å²) in [5, 5.41) is 3.19. The van der Waals surface area contributed by atoms with E-state index in [0.717, 1.165) is 18.6 Å². The molecule has 7 heteroatoms. The Balaban J connectivity index is 2.74. The van der Waals surface area contributed by atoms with Crippen LogP contribution in [0.5, 0.6) is 0 Å². The minimum absolute atomic E-state index is 0.218. The lowest BCUT2D eigenvalue weighted by Crippen LogP contribution is -2.11. The van der Waals surface area contributed by atoms with Gasteiger partial charge in [0.2, 0.25) is 0 Å². The van der Waals surface area contributed by atoms with Gasteiger partial charge in [-0.2, -0.15) is 13.2 Å². The van der Waals surface area contributed by atoms with Crippen molar-refractivity contribution in [2.45, 2.75) is 19.5 Å². The molecule has 0 bridgehead atoms. The Morgan fingerprint density at radius 3 is 2.60 bits per heavy atom. The van der Waals surface area contributed by atoms with Crippen molar-refractivity contribution in [3.05, 3.63) is 34.2 Å². The Kier molecular flexibility index (Phi) is 4.17. The highest BCUT2D eigenvalue weighted by Gasteiger charge is 2.34. The van der Waals surface area contributed by atoms with Crippen molar-refractivity contribution in [2.24, 2.45) is 0 Å². The monoisotopic (exact) mass is 350 g/mol. The fourth-order valence-electron chi connectivity index (χ4n) is 1.81. The normalized spacial score (nSPS) is 11.9. The highest BCUT2D eigenvalue weighted by Crippen LogP contribution is 2.36. The number of nitrogens with one attached hydrogen (secondary N) is 1. The zero-order valence-corrected chi connectivity index (χ0v) is 12.1. The van der Waals surface area contributed by atoms with Crippen molar-refractivity contribution >= 4 is 32.5 Å². The van der Waals surface area contributed by atoms with Crippen LogP contribution >= 0.6 is 15.9 Å². The van der Waals surface area contributed by atoms with E-state index in [0.29, 0.717) is 16.4 Å². The zero-order chi connectivity index (χ0) is 14.9. The number of anilines is 1. The average Bonchev–Trinajstić information content (AvgIpc) is 2.39. The summed E-state index contributed by atoms with van der Waals surface area (Å²) in [5.74, 6) is -0.783. The van der Waals surface area contributed by atoms with Crippen LogP contribution in [-0.2, 0) is 6.18 Å². The van der Waals surface area contributed by atoms with Gasteiger partial charge in [-0.05, 0) is 24.6 Å². The molecule has 0 aliphatic heterocycles. The molecular weight excluding hydrogens is 340 g/mol. The molecule has 2 nitrogen and oxygen atoms in total. The summed E-state index contributed by atoms with van der Waals surface area (Å²) in [6.07, 6.45) is -3.89. The van der Waals surface area contributed by atoms with Gasteiger partial charge >= 0.3 is 6.18 Å². The van der Waals surface area contributed by atoms with Gasteiger partial charge in [0, 0.05) is 22.1 Å². The number of halogens is 5. The van der Waals surface area contributed by atoms with Gasteiger partial charge < -0.3 is 5.32 Å². The molecule has 1 aromatic heterocycles. The van der Waals surface area contributed by atoms with Gasteiger partial charge in [-0.25, -0.2) is 9.37 Å². The van der Waals surface area contributed by atoms with Crippen molar-refractivity contribution < 1.29 is 17.6 Å². The van der Waals surface area contributed by atoms with Crippen LogP contribution in [0.1, 0.15) is 19.0 Å². The van der Waals surface area contributed by atoms with Crippen molar-refractivity contribution in [2.75, 3.05) is 11.9 Å². The molecule has 0 spiro atoms. The maximum Gasteiger partial charge on any atom is 0.433 e. The second-order valence-corrected chi connectivity index (χ2v) is 5.09. The number of alkyl halides is 3. The van der Waals surface area contributed by atoms with Crippen LogP contribution in [0.2, 0.25) is 0 Å². The lowest BCUT2D eigenvalue weighted by atomic mass is 10.1. The van der Waals surface area contributed by atoms with Gasteiger partial charge in [0.25, 0.3) is 0 Å². The van der Waals surface area contributed by atoms with E-state index in [9.17, 15) is 17.6 Å². The van der Waals surface area contributed by atoms with Crippen LogP contribution in [0.3, 0.4) is 0 Å². The van der Waals surface area contributed by atoms with E-state index in [1.807, 2.05) is 6.92 Å². The molecular formula is C13H11BrF4N2. The number of hydrogen-bond acceptors (Lipinski definition) is 2. The molecule has 0 saturated heterocycles. The molecule has 0 aliphatic rings. The Morgan fingerprint density at radius 1 is 1.30 bits per heavy atom. The van der Waals surface area contributed by atoms with Crippen LogP contribution in [0.25, 0.3) is 10.9 Å². The Bertz CT molecular complexity index is 640. The summed E-state index contributed by atoms with van der Waals surface area (Å²) in [5.41, 5.74) is -1.19. The molecule has 0 amide bonds. The van der Waals surface area contributed by atoms with E-state index in [1.54, 1.807) is 0 Å². The standard InChI is InChI=1S/C13H11BrF4N2/c1-2-5-19-9-6-10(13(16,17)18)20-12-8(15)4-3-7(14)11(9)12/h3-4,6H,2,5H2,1H3,(H,19,20). The van der Waals surface area contributed by atoms with Gasteiger partial charge in [-0.3, -0.25) is 0 Å². The van der Waals surface area contributed by atoms with Crippen LogP contribution in [0.15, 0.2) is 22.7 Å². The molecule has 0 aliphatic carbocycles. The second kappa shape index (κ2) is 5.55. The van der Waals surface area contributed by atoms with E-state index in [-0.39, 0.29) is 11.2 Å². The third kappa shape index (κ3) is 2.87. The Morgan fingerprint density at radius 2 is 2.00 bits per heavy atom. The number of rotatable bonds is 3. The molecule has 0 radical (unpaired) electrons. The first kappa shape index (κ1) is 15.0. The first-order valence-corrected chi connectivity index (χ1v) is 6.73. The zero-order valence-electron chi connectivity index (χ0n) is 10.5. The highest BCUT2D eigenvalue weighted by molar-refractivity contribution is 9.10. The topological polar surface area (TPSA) is 24.9 Å². The van der Waals surface area contributed by atoms with Gasteiger partial charge in [-0.1, -0.05) is 22.9 Å². The van der Waals surface area contributed by atoms with E-state index in [2.05, 4.69) is 26.2 Å². The molecule has 0 unspecified atom stereocenters. The van der Waals surface area contributed by atoms with E-state index in [4.69, 9.17) is 0 Å². The number of nitrogens with zero attached hydrogens (tertiary/aromatic N) is 1. The fraction of sp³-hybridized carbons (Fsp3) is 0.308. The predicted molar refractivity (Wildman–Crippen MR) is 73.2 cm³/mol. The van der Waals surface area contributed by atoms with E-state index >= 15 is 0 Å². The van der Waals surface area contributed by atoms with E-state index < -0.39 is 17.7 Å². The molecule has 108 valence electrons.